The van der Waals surface area contributed by atoms with Crippen LogP contribution in [0.3, 0.4) is 0 Å². The molecule has 0 fully saturated rings. The lowest BCUT2D eigenvalue weighted by Crippen LogP contribution is -2.30. The van der Waals surface area contributed by atoms with E-state index in [1.165, 1.54) is 19.3 Å². The number of esters is 1. The van der Waals surface area contributed by atoms with Crippen molar-refractivity contribution >= 4 is 29.0 Å². The fourth-order valence-electron chi connectivity index (χ4n) is 4.11. The fourth-order valence-corrected chi connectivity index (χ4v) is 4.28. The number of benzene rings is 2. The van der Waals surface area contributed by atoms with Crippen molar-refractivity contribution < 1.29 is 14.6 Å². The molecule has 0 amide bonds. The second-order valence-corrected chi connectivity index (χ2v) is 10.8. The van der Waals surface area contributed by atoms with E-state index in [4.69, 9.17) is 16.3 Å². The predicted octanol–water partition coefficient (Wildman–Crippen LogP) is 6.64. The Bertz CT molecular complexity index is 1270. The van der Waals surface area contributed by atoms with Crippen molar-refractivity contribution in [2.75, 3.05) is 5.01 Å². The lowest BCUT2D eigenvalue weighted by molar-refractivity contribution is -0.139. The molecule has 0 saturated carbocycles. The van der Waals surface area contributed by atoms with Crippen molar-refractivity contribution in [1.82, 2.24) is 0 Å². The third-order valence-corrected chi connectivity index (χ3v) is 6.39. The largest absolute Gasteiger partial charge is 0.505 e. The van der Waals surface area contributed by atoms with Crippen LogP contribution in [0.1, 0.15) is 83.8 Å². The lowest BCUT2D eigenvalue weighted by atomic mass is 9.84. The minimum atomic E-state index is -0.314. The first-order valence-corrected chi connectivity index (χ1v) is 13.1. The van der Waals surface area contributed by atoms with Gasteiger partial charge >= 0.3 is 5.97 Å². The Balaban J connectivity index is 1.75. The highest BCUT2D eigenvalue weighted by Crippen LogP contribution is 2.40. The molecular weight excluding hydrogens is 472 g/mol. The van der Waals surface area contributed by atoms with Gasteiger partial charge in [0.15, 0.2) is 0 Å². The zero-order valence-electron chi connectivity index (χ0n) is 21.9. The quantitative estimate of drug-likeness (QED) is 0.210. The summed E-state index contributed by atoms with van der Waals surface area (Å²) in [5.41, 5.74) is 5.10. The van der Waals surface area contributed by atoms with Crippen LogP contribution in [0.25, 0.3) is 5.73 Å². The number of phenols is 1. The standard InChI is InChI=1S/C30H37ClN2O3/c1-6-7-8-9-10-11-21(2)36-28(34)15-12-22-18-25(30(3,4)5)29(35)27(19-22)33-17-16-23-13-14-24(31)20-26(23)32-33/h13-14,17-20,35H,2,6-12,15H2,1,3-5H3. The second kappa shape index (κ2) is 12.3. The fraction of sp³-hybridized carbons (Fsp3) is 0.433. The highest BCUT2D eigenvalue weighted by atomic mass is 35.5. The number of phenolic OH excluding ortho intramolecular Hbond substituents is 1. The van der Waals surface area contributed by atoms with Crippen LogP contribution in [0.2, 0.25) is 5.02 Å². The molecule has 2 aromatic rings. The number of aryl methyl sites for hydroxylation is 1. The molecule has 1 N–H and O–H groups in total. The summed E-state index contributed by atoms with van der Waals surface area (Å²) in [5, 5.41) is 19.5. The van der Waals surface area contributed by atoms with Gasteiger partial charge in [0.1, 0.15) is 22.6 Å². The summed E-state index contributed by atoms with van der Waals surface area (Å²) >= 11 is 6.15. The zero-order valence-corrected chi connectivity index (χ0v) is 22.6. The van der Waals surface area contributed by atoms with Gasteiger partial charge in [0.05, 0.1) is 6.20 Å². The zero-order chi connectivity index (χ0) is 26.3. The normalized spacial score (nSPS) is 12.5. The van der Waals surface area contributed by atoms with Gasteiger partial charge in [0, 0.05) is 28.6 Å². The van der Waals surface area contributed by atoms with E-state index in [9.17, 15) is 9.90 Å². The van der Waals surface area contributed by atoms with Gasteiger partial charge in [-0.3, -0.25) is 4.79 Å². The minimum absolute atomic E-state index is 0.151. The molecule has 0 unspecified atom stereocenters. The number of fused-ring (bicyclic) bond motifs is 1. The van der Waals surface area contributed by atoms with Gasteiger partial charge in [-0.05, 0) is 48.1 Å². The van der Waals surface area contributed by atoms with Gasteiger partial charge < -0.3 is 9.84 Å². The summed E-state index contributed by atoms with van der Waals surface area (Å²) in [6.45, 7) is 12.2. The van der Waals surface area contributed by atoms with Crippen molar-refractivity contribution in [3.8, 4) is 5.75 Å². The minimum Gasteiger partial charge on any atom is -0.505 e. The molecule has 3 rings (SSSR count). The number of rotatable bonds is 11. The molecule has 0 saturated heterocycles. The Morgan fingerprint density at radius 3 is 2.61 bits per heavy atom. The predicted molar refractivity (Wildman–Crippen MR) is 146 cm³/mol. The smallest absolute Gasteiger partial charge is 0.311 e. The number of halogens is 1. The summed E-state index contributed by atoms with van der Waals surface area (Å²) in [6, 6.07) is 9.23. The molecule has 0 aromatic heterocycles. The molecule has 1 aliphatic rings. The van der Waals surface area contributed by atoms with Gasteiger partial charge in [0.25, 0.3) is 0 Å². The lowest BCUT2D eigenvalue weighted by Gasteiger charge is -2.26. The van der Waals surface area contributed by atoms with Crippen molar-refractivity contribution in [1.29, 1.82) is 0 Å². The van der Waals surface area contributed by atoms with Crippen LogP contribution < -0.4 is 15.6 Å². The molecule has 0 aliphatic carbocycles. The van der Waals surface area contributed by atoms with E-state index in [2.05, 4.69) is 24.3 Å². The van der Waals surface area contributed by atoms with Crippen LogP contribution in [-0.2, 0) is 21.4 Å². The maximum absolute atomic E-state index is 12.5. The van der Waals surface area contributed by atoms with E-state index in [1.54, 1.807) is 23.3 Å². The summed E-state index contributed by atoms with van der Waals surface area (Å²) in [6.07, 6.45) is 8.85. The summed E-state index contributed by atoms with van der Waals surface area (Å²) < 4.78 is 5.46. The molecule has 6 heteroatoms. The molecule has 192 valence electrons. The van der Waals surface area contributed by atoms with Crippen LogP contribution in [0.5, 0.6) is 5.75 Å². The van der Waals surface area contributed by atoms with Crippen molar-refractivity contribution in [2.24, 2.45) is 5.10 Å². The van der Waals surface area contributed by atoms with Gasteiger partial charge in [0.2, 0.25) is 0 Å². The van der Waals surface area contributed by atoms with E-state index < -0.39 is 0 Å². The Labute approximate surface area is 219 Å². The number of nitrogens with zero attached hydrogens (tertiary/aromatic N) is 2. The van der Waals surface area contributed by atoms with Crippen molar-refractivity contribution in [3.05, 3.63) is 75.6 Å². The van der Waals surface area contributed by atoms with E-state index in [-0.39, 0.29) is 23.6 Å². The highest BCUT2D eigenvalue weighted by Gasteiger charge is 2.24. The first-order chi connectivity index (χ1) is 17.1. The number of ether oxygens (including phenoxy) is 1. The van der Waals surface area contributed by atoms with Gasteiger partial charge in [-0.1, -0.05) is 83.4 Å². The van der Waals surface area contributed by atoms with Crippen LogP contribution in [0.15, 0.2) is 54.0 Å². The maximum atomic E-state index is 12.5. The van der Waals surface area contributed by atoms with Gasteiger partial charge in [-0.15, -0.1) is 0 Å². The summed E-state index contributed by atoms with van der Waals surface area (Å²) in [7, 11) is 0. The van der Waals surface area contributed by atoms with Crippen LogP contribution in [0, 0.1) is 0 Å². The molecule has 1 aliphatic heterocycles. The first-order valence-electron chi connectivity index (χ1n) is 12.7. The maximum Gasteiger partial charge on any atom is 0.311 e. The molecule has 36 heavy (non-hydrogen) atoms. The van der Waals surface area contributed by atoms with Crippen molar-refractivity contribution in [3.63, 3.8) is 0 Å². The van der Waals surface area contributed by atoms with Crippen LogP contribution >= 0.6 is 11.6 Å². The van der Waals surface area contributed by atoms with Crippen LogP contribution in [0.4, 0.5) is 5.69 Å². The number of allylic oxidation sites excluding steroid dienone is 1. The van der Waals surface area contributed by atoms with Crippen molar-refractivity contribution in [2.45, 2.75) is 84.5 Å². The number of hydrogen-bond donors (Lipinski definition) is 1. The van der Waals surface area contributed by atoms with E-state index >= 15 is 0 Å². The molecule has 2 aromatic carbocycles. The van der Waals surface area contributed by atoms with E-state index in [1.807, 2.05) is 39.0 Å². The Morgan fingerprint density at radius 1 is 1.14 bits per heavy atom. The average Bonchev–Trinajstić information content (AvgIpc) is 2.82. The number of hydrogen-bond acceptors (Lipinski definition) is 5. The monoisotopic (exact) mass is 508 g/mol. The van der Waals surface area contributed by atoms with Gasteiger partial charge in [-0.2, -0.15) is 5.10 Å². The average molecular weight is 509 g/mol. The highest BCUT2D eigenvalue weighted by molar-refractivity contribution is 6.30. The Hall–Kier alpha value is -3.01. The topological polar surface area (TPSA) is 62.1 Å². The molecule has 5 nitrogen and oxygen atoms in total. The molecular formula is C30H37ClN2O3. The molecule has 0 radical (unpaired) electrons. The molecule has 1 heterocycles. The SMILES string of the molecule is C=C(CCCCCCC)OC(=O)CCc1cc(N2C=C=c3ccc(Cl)cc3=N2)c(O)c(C(C)(C)C)c1. The first kappa shape index (κ1) is 27.6. The number of aromatic hydroxyl groups is 1. The summed E-state index contributed by atoms with van der Waals surface area (Å²) in [4.78, 5) is 12.5. The number of carbonyl (C=O) groups excluding carboxylic acids is 1. The van der Waals surface area contributed by atoms with E-state index in [0.717, 1.165) is 29.2 Å². The third kappa shape index (κ3) is 7.49. The Morgan fingerprint density at radius 2 is 1.89 bits per heavy atom. The van der Waals surface area contributed by atoms with E-state index in [0.29, 0.717) is 34.7 Å². The van der Waals surface area contributed by atoms with Crippen LogP contribution in [-0.4, -0.2) is 11.1 Å². The number of unbranched alkanes of at least 4 members (excludes halogenated alkanes) is 4. The third-order valence-electron chi connectivity index (χ3n) is 6.16. The number of carbonyl (C=O) groups is 1. The molecule has 0 spiro atoms. The molecule has 0 atom stereocenters. The summed E-state index contributed by atoms with van der Waals surface area (Å²) in [5.74, 6) is 0.390. The van der Waals surface area contributed by atoms with Gasteiger partial charge in [-0.25, -0.2) is 5.01 Å². The Kier molecular flexibility index (Phi) is 9.42. The number of anilines is 1. The second-order valence-electron chi connectivity index (χ2n) is 10.3. The molecule has 0 bridgehead atoms.